The summed E-state index contributed by atoms with van der Waals surface area (Å²) in [4.78, 5) is 0. The van der Waals surface area contributed by atoms with Gasteiger partial charge in [0.1, 0.15) is 10.8 Å². The molecule has 0 spiro atoms. The fraction of sp³-hybridized carbons (Fsp3) is 0.333. The van der Waals surface area contributed by atoms with Crippen LogP contribution in [0.4, 0.5) is 0 Å². The molecular formula is C18H22OSi. The van der Waals surface area contributed by atoms with Gasteiger partial charge in [0.25, 0.3) is 0 Å². The van der Waals surface area contributed by atoms with Gasteiger partial charge in [0, 0.05) is 0 Å². The summed E-state index contributed by atoms with van der Waals surface area (Å²) in [6.45, 7) is 9.43. The van der Waals surface area contributed by atoms with Crippen molar-refractivity contribution in [3.63, 3.8) is 0 Å². The third-order valence-corrected chi connectivity index (χ3v) is 7.53. The highest BCUT2D eigenvalue weighted by Gasteiger charge is 2.73. The summed E-state index contributed by atoms with van der Waals surface area (Å²) in [7, 11) is -1.55. The van der Waals surface area contributed by atoms with Crippen molar-refractivity contribution in [1.82, 2.24) is 0 Å². The minimum absolute atomic E-state index is 0.122. The fourth-order valence-electron chi connectivity index (χ4n) is 3.61. The molecule has 1 aliphatic rings. The zero-order chi connectivity index (χ0) is 14.4. The molecule has 1 nitrogen and oxygen atoms in total. The van der Waals surface area contributed by atoms with E-state index in [1.165, 1.54) is 11.1 Å². The highest BCUT2D eigenvalue weighted by atomic mass is 28.3. The van der Waals surface area contributed by atoms with Gasteiger partial charge in [-0.05, 0) is 18.1 Å². The molecule has 0 N–H and O–H groups in total. The van der Waals surface area contributed by atoms with Crippen LogP contribution in [0.2, 0.25) is 19.6 Å². The molecule has 0 unspecified atom stereocenters. The van der Waals surface area contributed by atoms with E-state index in [-0.39, 0.29) is 10.8 Å². The zero-order valence-corrected chi connectivity index (χ0v) is 13.7. The van der Waals surface area contributed by atoms with E-state index in [2.05, 4.69) is 87.2 Å². The van der Waals surface area contributed by atoms with Crippen LogP contribution in [0.3, 0.4) is 0 Å². The molecule has 2 heteroatoms. The second kappa shape index (κ2) is 4.30. The van der Waals surface area contributed by atoms with Gasteiger partial charge in [-0.3, -0.25) is 0 Å². The molecule has 3 rings (SSSR count). The molecule has 2 aromatic carbocycles. The third kappa shape index (κ3) is 1.71. The first-order valence-electron chi connectivity index (χ1n) is 7.23. The van der Waals surface area contributed by atoms with Crippen molar-refractivity contribution in [2.75, 3.05) is 0 Å². The van der Waals surface area contributed by atoms with Crippen molar-refractivity contribution >= 4 is 8.07 Å². The fourth-order valence-corrected chi connectivity index (χ4v) is 6.73. The smallest absolute Gasteiger partial charge is 0.121 e. The van der Waals surface area contributed by atoms with Crippen molar-refractivity contribution in [2.24, 2.45) is 0 Å². The normalized spacial score (nSPS) is 29.2. The van der Waals surface area contributed by atoms with E-state index in [0.29, 0.717) is 0 Å². The maximum Gasteiger partial charge on any atom is 0.121 e. The number of ether oxygens (including phenoxy) is 1. The van der Waals surface area contributed by atoms with E-state index < -0.39 is 8.07 Å². The monoisotopic (exact) mass is 282 g/mol. The van der Waals surface area contributed by atoms with Gasteiger partial charge >= 0.3 is 0 Å². The summed E-state index contributed by atoms with van der Waals surface area (Å²) in [5.74, 6) is 0. The van der Waals surface area contributed by atoms with Crippen LogP contribution in [0.5, 0.6) is 0 Å². The first-order valence-corrected chi connectivity index (χ1v) is 10.7. The van der Waals surface area contributed by atoms with Gasteiger partial charge in [-0.15, -0.1) is 0 Å². The van der Waals surface area contributed by atoms with Crippen LogP contribution in [0.1, 0.15) is 18.1 Å². The van der Waals surface area contributed by atoms with E-state index >= 15 is 0 Å². The Labute approximate surface area is 122 Å². The topological polar surface area (TPSA) is 12.5 Å². The first kappa shape index (κ1) is 13.6. The van der Waals surface area contributed by atoms with Gasteiger partial charge in [-0.1, -0.05) is 80.3 Å². The largest absolute Gasteiger partial charge is 0.357 e. The Bertz CT molecular complexity index is 602. The lowest BCUT2D eigenvalue weighted by molar-refractivity contribution is 0.300. The van der Waals surface area contributed by atoms with Crippen molar-refractivity contribution in [3.8, 4) is 0 Å². The average Bonchev–Trinajstić information content (AvgIpc) is 3.10. The van der Waals surface area contributed by atoms with Gasteiger partial charge in [0.2, 0.25) is 0 Å². The van der Waals surface area contributed by atoms with Gasteiger partial charge in [0.05, 0.1) is 8.07 Å². The molecule has 0 aromatic heterocycles. The quantitative estimate of drug-likeness (QED) is 0.587. The van der Waals surface area contributed by atoms with Crippen molar-refractivity contribution in [2.45, 2.75) is 37.4 Å². The van der Waals surface area contributed by atoms with E-state index in [1.54, 1.807) is 0 Å². The lowest BCUT2D eigenvalue weighted by Crippen LogP contribution is -2.43. The second-order valence-electron chi connectivity index (χ2n) is 6.80. The Morgan fingerprint density at radius 3 is 1.65 bits per heavy atom. The van der Waals surface area contributed by atoms with Crippen molar-refractivity contribution < 1.29 is 4.74 Å². The standard InChI is InChI=1S/C18H22OSi/c1-17(15-11-7-5-8-12-15)18(19-17,20(2,3)4)16-13-9-6-10-14-16/h5-14H,1-4H3/t17-,18-/m0/s1. The predicted molar refractivity (Wildman–Crippen MR) is 86.3 cm³/mol. The maximum atomic E-state index is 6.49. The molecule has 0 saturated carbocycles. The van der Waals surface area contributed by atoms with Gasteiger partial charge in [-0.2, -0.15) is 0 Å². The van der Waals surface area contributed by atoms with Crippen LogP contribution in [0.15, 0.2) is 60.7 Å². The molecule has 0 aliphatic carbocycles. The molecule has 104 valence electrons. The molecule has 0 amide bonds. The Kier molecular flexibility index (Phi) is 2.93. The summed E-state index contributed by atoms with van der Waals surface area (Å²) in [6, 6.07) is 21.4. The van der Waals surface area contributed by atoms with Crippen LogP contribution in [0, 0.1) is 0 Å². The second-order valence-corrected chi connectivity index (χ2v) is 12.0. The summed E-state index contributed by atoms with van der Waals surface area (Å²) in [6.07, 6.45) is 0. The molecule has 0 radical (unpaired) electrons. The first-order chi connectivity index (χ1) is 9.42. The Morgan fingerprint density at radius 2 is 1.20 bits per heavy atom. The minimum atomic E-state index is -1.55. The minimum Gasteiger partial charge on any atom is -0.357 e. The summed E-state index contributed by atoms with van der Waals surface area (Å²) >= 11 is 0. The summed E-state index contributed by atoms with van der Waals surface area (Å²) < 4.78 is 6.49. The van der Waals surface area contributed by atoms with Crippen LogP contribution < -0.4 is 0 Å². The lowest BCUT2D eigenvalue weighted by Gasteiger charge is -2.29. The van der Waals surface area contributed by atoms with Crippen LogP contribution in [-0.2, 0) is 15.6 Å². The number of rotatable bonds is 3. The highest BCUT2D eigenvalue weighted by molar-refractivity contribution is 6.79. The Morgan fingerprint density at radius 1 is 0.750 bits per heavy atom. The Hall–Kier alpha value is -1.38. The number of benzene rings is 2. The lowest BCUT2D eigenvalue weighted by atomic mass is 9.93. The SMILES string of the molecule is C[C@@]1(c2ccccc2)O[C@@]1(c1ccccc1)[Si](C)(C)C. The molecule has 1 aliphatic heterocycles. The Balaban J connectivity index is 2.14. The van der Waals surface area contributed by atoms with E-state index in [9.17, 15) is 0 Å². The number of epoxide rings is 1. The van der Waals surface area contributed by atoms with Gasteiger partial charge in [0.15, 0.2) is 0 Å². The molecule has 2 atom stereocenters. The van der Waals surface area contributed by atoms with Gasteiger partial charge < -0.3 is 4.74 Å². The summed E-state index contributed by atoms with van der Waals surface area (Å²) in [5.41, 5.74) is 2.41. The molecule has 1 heterocycles. The summed E-state index contributed by atoms with van der Waals surface area (Å²) in [5, 5.41) is -0.122. The molecule has 20 heavy (non-hydrogen) atoms. The van der Waals surface area contributed by atoms with Crippen LogP contribution in [-0.4, -0.2) is 8.07 Å². The van der Waals surface area contributed by atoms with E-state index in [0.717, 1.165) is 0 Å². The number of hydrogen-bond acceptors (Lipinski definition) is 1. The van der Waals surface area contributed by atoms with Crippen LogP contribution >= 0.6 is 0 Å². The highest BCUT2D eigenvalue weighted by Crippen LogP contribution is 2.66. The number of hydrogen-bond donors (Lipinski definition) is 0. The maximum absolute atomic E-state index is 6.49. The zero-order valence-electron chi connectivity index (χ0n) is 12.7. The molecule has 2 aromatic rings. The molecule has 0 bridgehead atoms. The molecule has 1 fully saturated rings. The predicted octanol–water partition coefficient (Wildman–Crippen LogP) is 4.70. The average molecular weight is 282 g/mol. The molecular weight excluding hydrogens is 260 g/mol. The van der Waals surface area contributed by atoms with Gasteiger partial charge in [-0.25, -0.2) is 0 Å². The van der Waals surface area contributed by atoms with Crippen molar-refractivity contribution in [3.05, 3.63) is 71.8 Å². The molecule has 1 saturated heterocycles. The van der Waals surface area contributed by atoms with Crippen LogP contribution in [0.25, 0.3) is 0 Å². The van der Waals surface area contributed by atoms with E-state index in [1.807, 2.05) is 0 Å². The third-order valence-electron chi connectivity index (χ3n) is 4.55. The van der Waals surface area contributed by atoms with E-state index in [4.69, 9.17) is 4.74 Å². The van der Waals surface area contributed by atoms with Crippen molar-refractivity contribution in [1.29, 1.82) is 0 Å².